The van der Waals surface area contributed by atoms with Crippen LogP contribution >= 0.6 is 0 Å². The van der Waals surface area contributed by atoms with E-state index in [2.05, 4.69) is 33.8 Å². The summed E-state index contributed by atoms with van der Waals surface area (Å²) in [6.07, 6.45) is 9.44. The van der Waals surface area contributed by atoms with E-state index in [4.69, 9.17) is 4.74 Å². The Labute approximate surface area is 217 Å². The molecule has 0 aromatic rings. The Morgan fingerprint density at radius 2 is 1.72 bits per heavy atom. The van der Waals surface area contributed by atoms with Crippen molar-refractivity contribution < 1.29 is 24.5 Å². The molecule has 0 bridgehead atoms. The van der Waals surface area contributed by atoms with Gasteiger partial charge in [0.1, 0.15) is 6.10 Å². The number of ether oxygens (including phenoxy) is 1. The van der Waals surface area contributed by atoms with Gasteiger partial charge in [-0.1, -0.05) is 39.3 Å². The molecular formula is C31H48O5. The van der Waals surface area contributed by atoms with Crippen molar-refractivity contribution in [3.05, 3.63) is 22.8 Å². The largest absolute Gasteiger partial charge is 0.478 e. The van der Waals surface area contributed by atoms with E-state index >= 15 is 0 Å². The molecule has 0 radical (unpaired) electrons. The van der Waals surface area contributed by atoms with E-state index in [1.807, 2.05) is 13.8 Å². The van der Waals surface area contributed by atoms with Gasteiger partial charge in [0.25, 0.3) is 0 Å². The van der Waals surface area contributed by atoms with Crippen molar-refractivity contribution in [2.24, 2.45) is 39.9 Å². The van der Waals surface area contributed by atoms with Gasteiger partial charge in [-0.3, -0.25) is 4.79 Å². The minimum Gasteiger partial charge on any atom is -0.478 e. The standard InChI is InChI=1S/C31H48O5/c1-18(2)9-8-10-21(28(34)35)27-23-11-12-26-29(5)15-14-24(33)19(3)22(29)13-16-30(26,6)31(23,7)17-25(27)36-20(4)32/h9,19,22-26,33H,8,10-17H2,1-7H3,(H,34,35)/b27-21-/t19-,22-,23-,24+,25?,26-,29-,30-,31-/m0/s1. The number of rotatable bonds is 5. The van der Waals surface area contributed by atoms with Gasteiger partial charge < -0.3 is 14.9 Å². The molecule has 4 fully saturated rings. The smallest absolute Gasteiger partial charge is 0.331 e. The first-order chi connectivity index (χ1) is 16.8. The predicted molar refractivity (Wildman–Crippen MR) is 141 cm³/mol. The normalized spacial score (nSPS) is 45.1. The van der Waals surface area contributed by atoms with Crippen LogP contribution < -0.4 is 0 Å². The molecule has 36 heavy (non-hydrogen) atoms. The molecule has 202 valence electrons. The number of carbonyl (C=O) groups is 2. The molecule has 4 rings (SSSR count). The third kappa shape index (κ3) is 4.18. The Hall–Kier alpha value is -1.62. The number of carbonyl (C=O) groups excluding carboxylic acids is 1. The van der Waals surface area contributed by atoms with Gasteiger partial charge >= 0.3 is 11.9 Å². The average molecular weight is 501 g/mol. The summed E-state index contributed by atoms with van der Waals surface area (Å²) in [5, 5.41) is 21.0. The first-order valence-electron chi connectivity index (χ1n) is 14.2. The van der Waals surface area contributed by atoms with Gasteiger partial charge in [0, 0.05) is 12.5 Å². The van der Waals surface area contributed by atoms with Crippen LogP contribution in [0.1, 0.15) is 106 Å². The number of aliphatic carboxylic acids is 1. The molecule has 0 heterocycles. The Kier molecular flexibility index (Phi) is 7.31. The van der Waals surface area contributed by atoms with Crippen molar-refractivity contribution >= 4 is 11.9 Å². The lowest BCUT2D eigenvalue weighted by Gasteiger charge is -2.68. The molecule has 5 nitrogen and oxygen atoms in total. The zero-order chi connectivity index (χ0) is 26.6. The van der Waals surface area contributed by atoms with Gasteiger partial charge in [-0.05, 0) is 117 Å². The molecule has 0 amide bonds. The minimum absolute atomic E-state index is 0.0346. The van der Waals surface area contributed by atoms with Crippen molar-refractivity contribution in [1.82, 2.24) is 0 Å². The zero-order valence-electron chi connectivity index (χ0n) is 23.5. The number of aliphatic hydroxyl groups excluding tert-OH is 1. The maximum absolute atomic E-state index is 12.6. The summed E-state index contributed by atoms with van der Waals surface area (Å²) in [5.74, 6) is 0.288. The zero-order valence-corrected chi connectivity index (χ0v) is 23.5. The maximum Gasteiger partial charge on any atom is 0.331 e. The van der Waals surface area contributed by atoms with Crippen LogP contribution in [-0.2, 0) is 14.3 Å². The Morgan fingerprint density at radius 3 is 2.33 bits per heavy atom. The van der Waals surface area contributed by atoms with Crippen LogP contribution in [0.3, 0.4) is 0 Å². The summed E-state index contributed by atoms with van der Waals surface area (Å²) in [5.41, 5.74) is 2.62. The van der Waals surface area contributed by atoms with Crippen LogP contribution in [0.2, 0.25) is 0 Å². The number of aliphatic hydroxyl groups is 1. The predicted octanol–water partition coefficient (Wildman–Crippen LogP) is 6.70. The van der Waals surface area contributed by atoms with Crippen LogP contribution in [-0.4, -0.2) is 34.4 Å². The lowest BCUT2D eigenvalue weighted by atomic mass is 9.37. The van der Waals surface area contributed by atoms with E-state index in [1.54, 1.807) is 0 Å². The highest BCUT2D eigenvalue weighted by atomic mass is 16.5. The van der Waals surface area contributed by atoms with Crippen LogP contribution in [0.5, 0.6) is 0 Å². The Bertz CT molecular complexity index is 960. The molecule has 0 aromatic heterocycles. The van der Waals surface area contributed by atoms with E-state index in [1.165, 1.54) is 12.5 Å². The summed E-state index contributed by atoms with van der Waals surface area (Å²) in [6.45, 7) is 15.0. The van der Waals surface area contributed by atoms with Crippen molar-refractivity contribution in [3.8, 4) is 0 Å². The van der Waals surface area contributed by atoms with Crippen molar-refractivity contribution in [2.75, 3.05) is 0 Å². The van der Waals surface area contributed by atoms with Gasteiger partial charge in [0.05, 0.1) is 6.10 Å². The summed E-state index contributed by atoms with van der Waals surface area (Å²) < 4.78 is 5.92. The molecule has 9 atom stereocenters. The monoisotopic (exact) mass is 500 g/mol. The van der Waals surface area contributed by atoms with Gasteiger partial charge in [-0.2, -0.15) is 0 Å². The molecule has 2 N–H and O–H groups in total. The number of hydrogen-bond donors (Lipinski definition) is 2. The molecule has 0 aromatic carbocycles. The molecule has 1 unspecified atom stereocenters. The fourth-order valence-corrected chi connectivity index (χ4v) is 9.72. The fourth-order valence-electron chi connectivity index (χ4n) is 9.72. The van der Waals surface area contributed by atoms with E-state index < -0.39 is 12.1 Å². The molecular weight excluding hydrogens is 452 g/mol. The molecule has 5 heteroatoms. The highest BCUT2D eigenvalue weighted by Crippen LogP contribution is 2.74. The number of allylic oxidation sites excluding steroid dienone is 2. The highest BCUT2D eigenvalue weighted by molar-refractivity contribution is 5.88. The Balaban J connectivity index is 1.77. The second kappa shape index (κ2) is 9.60. The van der Waals surface area contributed by atoms with Crippen LogP contribution in [0.15, 0.2) is 22.8 Å². The van der Waals surface area contributed by atoms with Crippen LogP contribution in [0.4, 0.5) is 0 Å². The lowest BCUT2D eigenvalue weighted by molar-refractivity contribution is -0.198. The van der Waals surface area contributed by atoms with Crippen molar-refractivity contribution in [3.63, 3.8) is 0 Å². The minimum atomic E-state index is -0.869. The summed E-state index contributed by atoms with van der Waals surface area (Å²) in [6, 6.07) is 0. The number of carboxylic acids is 1. The number of carboxylic acid groups (broad SMARTS) is 1. The van der Waals surface area contributed by atoms with Gasteiger partial charge in [-0.25, -0.2) is 4.79 Å². The fraction of sp³-hybridized carbons (Fsp3) is 0.806. The quantitative estimate of drug-likeness (QED) is 0.249. The van der Waals surface area contributed by atoms with E-state index in [0.29, 0.717) is 42.6 Å². The highest BCUT2D eigenvalue weighted by Gasteiger charge is 2.68. The number of esters is 1. The van der Waals surface area contributed by atoms with Crippen molar-refractivity contribution in [1.29, 1.82) is 0 Å². The first kappa shape index (κ1) is 27.4. The van der Waals surface area contributed by atoms with E-state index in [-0.39, 0.29) is 34.2 Å². The molecule has 0 aliphatic heterocycles. The summed E-state index contributed by atoms with van der Waals surface area (Å²) in [7, 11) is 0. The number of hydrogen-bond acceptors (Lipinski definition) is 4. The van der Waals surface area contributed by atoms with Crippen LogP contribution in [0.25, 0.3) is 0 Å². The molecule has 0 saturated heterocycles. The Morgan fingerprint density at radius 1 is 1.03 bits per heavy atom. The third-order valence-electron chi connectivity index (χ3n) is 11.6. The van der Waals surface area contributed by atoms with Crippen molar-refractivity contribution in [2.45, 2.75) is 118 Å². The van der Waals surface area contributed by atoms with E-state index in [9.17, 15) is 19.8 Å². The summed E-state index contributed by atoms with van der Waals surface area (Å²) >= 11 is 0. The first-order valence-corrected chi connectivity index (χ1v) is 14.2. The molecule has 0 spiro atoms. The maximum atomic E-state index is 12.6. The van der Waals surface area contributed by atoms with Gasteiger partial charge in [0.15, 0.2) is 0 Å². The average Bonchev–Trinajstić information content (AvgIpc) is 3.05. The van der Waals surface area contributed by atoms with Gasteiger partial charge in [0.2, 0.25) is 0 Å². The van der Waals surface area contributed by atoms with E-state index in [0.717, 1.165) is 44.1 Å². The summed E-state index contributed by atoms with van der Waals surface area (Å²) in [4.78, 5) is 24.8. The second-order valence-corrected chi connectivity index (χ2v) is 13.5. The molecule has 4 saturated carbocycles. The second-order valence-electron chi connectivity index (χ2n) is 13.5. The SMILES string of the molecule is CC(=O)OC1C[C@@]2(C)[C@@H](CC[C@H]3[C@@]4(C)CC[C@@H](O)[C@@H](C)[C@@H]4CC[C@@]32C)/C1=C(\CCC=C(C)C)C(=O)O. The number of fused-ring (bicyclic) bond motifs is 5. The molecule has 4 aliphatic carbocycles. The topological polar surface area (TPSA) is 83.8 Å². The van der Waals surface area contributed by atoms with Gasteiger partial charge in [-0.15, -0.1) is 0 Å². The lowest BCUT2D eigenvalue weighted by Crippen LogP contribution is -2.61. The van der Waals surface area contributed by atoms with Crippen LogP contribution in [0, 0.1) is 39.9 Å². The third-order valence-corrected chi connectivity index (χ3v) is 11.6. The molecule has 4 aliphatic rings.